The number of pyridine rings is 1. The van der Waals surface area contributed by atoms with Gasteiger partial charge in [-0.15, -0.1) is 10.2 Å². The quantitative estimate of drug-likeness (QED) is 0.606. The van der Waals surface area contributed by atoms with Crippen LogP contribution in [0.25, 0.3) is 17.0 Å². The van der Waals surface area contributed by atoms with E-state index in [4.69, 9.17) is 4.52 Å². The molecule has 3 aromatic heterocycles. The number of rotatable bonds is 5. The van der Waals surface area contributed by atoms with Crippen molar-refractivity contribution in [1.82, 2.24) is 25.1 Å². The molecule has 0 saturated carbocycles. The van der Waals surface area contributed by atoms with Crippen molar-refractivity contribution in [1.29, 1.82) is 0 Å². The lowest BCUT2D eigenvalue weighted by atomic mass is 10.1. The Hall–Kier alpha value is -3.48. The summed E-state index contributed by atoms with van der Waals surface area (Å²) in [6, 6.07) is 16.9. The molecule has 0 unspecified atom stereocenters. The van der Waals surface area contributed by atoms with Crippen LogP contribution in [0.4, 0.5) is 0 Å². The largest absolute Gasteiger partial charge is 0.355 e. The molecule has 0 atom stereocenters. The van der Waals surface area contributed by atoms with Crippen LogP contribution in [0.15, 0.2) is 65.3 Å². The number of carbonyl (C=O) groups excluding carboxylic acids is 1. The molecule has 0 saturated heterocycles. The van der Waals surface area contributed by atoms with Gasteiger partial charge < -0.3 is 9.84 Å². The molecular formula is C18H15N5O2. The maximum absolute atomic E-state index is 12.2. The molecule has 25 heavy (non-hydrogen) atoms. The zero-order valence-electron chi connectivity index (χ0n) is 13.3. The third-order valence-corrected chi connectivity index (χ3v) is 3.82. The van der Waals surface area contributed by atoms with E-state index >= 15 is 0 Å². The number of nitrogens with one attached hydrogen (secondary N) is 1. The normalized spacial score (nSPS) is 10.9. The first-order valence-electron chi connectivity index (χ1n) is 7.90. The second-order valence-electron chi connectivity index (χ2n) is 5.49. The van der Waals surface area contributed by atoms with E-state index < -0.39 is 0 Å². The van der Waals surface area contributed by atoms with Crippen molar-refractivity contribution in [2.24, 2.45) is 0 Å². The molecule has 3 heterocycles. The number of benzene rings is 1. The van der Waals surface area contributed by atoms with E-state index in [0.717, 1.165) is 17.0 Å². The number of amides is 1. The van der Waals surface area contributed by atoms with E-state index in [9.17, 15) is 4.79 Å². The van der Waals surface area contributed by atoms with Crippen molar-refractivity contribution in [3.05, 3.63) is 72.3 Å². The Bertz CT molecular complexity index is 1010. The lowest BCUT2D eigenvalue weighted by Gasteiger charge is -2.01. The molecule has 0 fully saturated rings. The third-order valence-electron chi connectivity index (χ3n) is 3.82. The molecule has 7 nitrogen and oxygen atoms in total. The van der Waals surface area contributed by atoms with Crippen molar-refractivity contribution in [2.45, 2.75) is 6.42 Å². The second kappa shape index (κ2) is 6.56. The Balaban J connectivity index is 1.39. The molecule has 0 bridgehead atoms. The van der Waals surface area contributed by atoms with Gasteiger partial charge in [0.1, 0.15) is 5.82 Å². The number of hydrogen-bond acceptors (Lipinski definition) is 5. The minimum atomic E-state index is -0.278. The van der Waals surface area contributed by atoms with Crippen LogP contribution in [0.3, 0.4) is 0 Å². The zero-order valence-corrected chi connectivity index (χ0v) is 13.3. The van der Waals surface area contributed by atoms with E-state index in [1.807, 2.05) is 59.1 Å². The fourth-order valence-electron chi connectivity index (χ4n) is 2.56. The van der Waals surface area contributed by atoms with Crippen LogP contribution in [0.2, 0.25) is 0 Å². The van der Waals surface area contributed by atoms with Crippen molar-refractivity contribution in [2.75, 3.05) is 6.54 Å². The summed E-state index contributed by atoms with van der Waals surface area (Å²) in [7, 11) is 0. The minimum absolute atomic E-state index is 0.255. The molecule has 7 heteroatoms. The van der Waals surface area contributed by atoms with Crippen LogP contribution in [-0.4, -0.2) is 32.2 Å². The van der Waals surface area contributed by atoms with Crippen LogP contribution in [0, 0.1) is 0 Å². The molecule has 124 valence electrons. The standard InChI is InChI=1S/C18H15N5O2/c24-18(14-12-15(25-22-14)13-6-2-1-3-7-13)19-10-9-17-21-20-16-8-4-5-11-23(16)17/h1-8,11-12H,9-10H2,(H,19,24). The molecule has 4 rings (SSSR count). The molecule has 1 amide bonds. The predicted molar refractivity (Wildman–Crippen MR) is 91.0 cm³/mol. The number of aromatic nitrogens is 4. The van der Waals surface area contributed by atoms with Gasteiger partial charge in [0.15, 0.2) is 17.1 Å². The average molecular weight is 333 g/mol. The zero-order chi connectivity index (χ0) is 17.1. The van der Waals surface area contributed by atoms with Gasteiger partial charge in [0.25, 0.3) is 5.91 Å². The highest BCUT2D eigenvalue weighted by molar-refractivity contribution is 5.93. The fourth-order valence-corrected chi connectivity index (χ4v) is 2.56. The topological polar surface area (TPSA) is 85.3 Å². The summed E-state index contributed by atoms with van der Waals surface area (Å²) in [5.41, 5.74) is 1.92. The summed E-state index contributed by atoms with van der Waals surface area (Å²) >= 11 is 0. The molecule has 0 aliphatic carbocycles. The maximum atomic E-state index is 12.2. The molecule has 1 N–H and O–H groups in total. The average Bonchev–Trinajstić information content (AvgIpc) is 3.30. The monoisotopic (exact) mass is 333 g/mol. The van der Waals surface area contributed by atoms with Crippen molar-refractivity contribution in [3.8, 4) is 11.3 Å². The minimum Gasteiger partial charge on any atom is -0.355 e. The van der Waals surface area contributed by atoms with Crippen molar-refractivity contribution in [3.63, 3.8) is 0 Å². The highest BCUT2D eigenvalue weighted by Crippen LogP contribution is 2.19. The van der Waals surface area contributed by atoms with E-state index in [1.165, 1.54) is 0 Å². The Kier molecular flexibility index (Phi) is 3.96. The molecule has 0 radical (unpaired) electrons. The highest BCUT2D eigenvalue weighted by Gasteiger charge is 2.13. The third kappa shape index (κ3) is 3.12. The van der Waals surface area contributed by atoms with Crippen LogP contribution < -0.4 is 5.32 Å². The number of nitrogens with zero attached hydrogens (tertiary/aromatic N) is 4. The van der Waals surface area contributed by atoms with E-state index in [2.05, 4.69) is 20.7 Å². The van der Waals surface area contributed by atoms with Gasteiger partial charge in [-0.1, -0.05) is 41.6 Å². The first kappa shape index (κ1) is 15.1. The van der Waals surface area contributed by atoms with Gasteiger partial charge in [-0.05, 0) is 12.1 Å². The van der Waals surface area contributed by atoms with Crippen molar-refractivity contribution < 1.29 is 9.32 Å². The van der Waals surface area contributed by atoms with E-state index in [0.29, 0.717) is 18.7 Å². The summed E-state index contributed by atoms with van der Waals surface area (Å²) in [6.07, 6.45) is 2.47. The lowest BCUT2D eigenvalue weighted by molar-refractivity contribution is 0.0945. The van der Waals surface area contributed by atoms with Gasteiger partial charge in [-0.2, -0.15) is 0 Å². The lowest BCUT2D eigenvalue weighted by Crippen LogP contribution is -2.26. The van der Waals surface area contributed by atoms with E-state index in [1.54, 1.807) is 6.07 Å². The smallest absolute Gasteiger partial charge is 0.273 e. The van der Waals surface area contributed by atoms with Crippen LogP contribution in [-0.2, 0) is 6.42 Å². The number of carbonyl (C=O) groups is 1. The summed E-state index contributed by atoms with van der Waals surface area (Å²) < 4.78 is 7.14. The summed E-state index contributed by atoms with van der Waals surface area (Å²) in [5, 5.41) is 14.9. The maximum Gasteiger partial charge on any atom is 0.273 e. The first-order chi connectivity index (χ1) is 12.3. The van der Waals surface area contributed by atoms with Gasteiger partial charge >= 0.3 is 0 Å². The fraction of sp³-hybridized carbons (Fsp3) is 0.111. The summed E-state index contributed by atoms with van der Waals surface area (Å²) in [5.74, 6) is 1.08. The molecule has 0 aliphatic heterocycles. The highest BCUT2D eigenvalue weighted by atomic mass is 16.5. The Morgan fingerprint density at radius 1 is 1.08 bits per heavy atom. The number of fused-ring (bicyclic) bond motifs is 1. The predicted octanol–water partition coefficient (Wildman–Crippen LogP) is 2.36. The van der Waals surface area contributed by atoms with Gasteiger partial charge in [0.2, 0.25) is 0 Å². The Morgan fingerprint density at radius 2 is 1.92 bits per heavy atom. The molecule has 0 aliphatic rings. The van der Waals surface area contributed by atoms with Gasteiger partial charge in [0.05, 0.1) is 0 Å². The van der Waals surface area contributed by atoms with Gasteiger partial charge in [-0.25, -0.2) is 0 Å². The Labute approximate surface area is 143 Å². The molecule has 1 aromatic carbocycles. The van der Waals surface area contributed by atoms with Crippen molar-refractivity contribution >= 4 is 11.6 Å². The summed E-state index contributed by atoms with van der Waals surface area (Å²) in [6.45, 7) is 0.433. The molecule has 4 aromatic rings. The van der Waals surface area contributed by atoms with Gasteiger partial charge in [0, 0.05) is 30.8 Å². The van der Waals surface area contributed by atoms with Gasteiger partial charge in [-0.3, -0.25) is 9.20 Å². The molecule has 0 spiro atoms. The SMILES string of the molecule is O=C(NCCc1nnc2ccccn12)c1cc(-c2ccccc2)on1. The second-order valence-corrected chi connectivity index (χ2v) is 5.49. The van der Waals surface area contributed by atoms with Crippen LogP contribution >= 0.6 is 0 Å². The molecular weight excluding hydrogens is 318 g/mol. The van der Waals surface area contributed by atoms with Crippen LogP contribution in [0.1, 0.15) is 16.3 Å². The summed E-state index contributed by atoms with van der Waals surface area (Å²) in [4.78, 5) is 12.2. The Morgan fingerprint density at radius 3 is 2.80 bits per heavy atom. The first-order valence-corrected chi connectivity index (χ1v) is 7.90. The number of hydrogen-bond donors (Lipinski definition) is 1. The van der Waals surface area contributed by atoms with Crippen LogP contribution in [0.5, 0.6) is 0 Å². The van der Waals surface area contributed by atoms with E-state index in [-0.39, 0.29) is 11.6 Å².